The van der Waals surface area contributed by atoms with Gasteiger partial charge in [0.05, 0.1) is 12.3 Å². The molecule has 0 aromatic carbocycles. The molecule has 0 radical (unpaired) electrons. The first-order valence-corrected chi connectivity index (χ1v) is 8.19. The van der Waals surface area contributed by atoms with Crippen molar-refractivity contribution in [1.82, 2.24) is 0 Å². The Bertz CT molecular complexity index is 487. The zero-order chi connectivity index (χ0) is 14.0. The van der Waals surface area contributed by atoms with Crippen molar-refractivity contribution in [2.45, 2.75) is 64.8 Å². The Kier molecular flexibility index (Phi) is 2.53. The van der Waals surface area contributed by atoms with Gasteiger partial charge in [0.2, 0.25) is 0 Å². The predicted octanol–water partition coefficient (Wildman–Crippen LogP) is 4.67. The van der Waals surface area contributed by atoms with Crippen LogP contribution in [0, 0.1) is 22.2 Å². The number of hydrogen-bond acceptors (Lipinski definition) is 2. The first-order valence-electron chi connectivity index (χ1n) is 8.19. The lowest BCUT2D eigenvalue weighted by atomic mass is 9.39. The topological polar surface area (TPSA) is 39.2 Å². The van der Waals surface area contributed by atoms with Crippen molar-refractivity contribution in [3.63, 3.8) is 0 Å². The molecule has 4 aliphatic rings. The third kappa shape index (κ3) is 1.95. The van der Waals surface area contributed by atoms with Crippen LogP contribution in [0.15, 0.2) is 22.8 Å². The molecule has 1 aromatic rings. The molecule has 110 valence electrons. The molecule has 4 saturated carbocycles. The summed E-state index contributed by atoms with van der Waals surface area (Å²) < 4.78 is 5.53. The highest BCUT2D eigenvalue weighted by Gasteiger charge is 2.60. The molecule has 1 aromatic heterocycles. The molecule has 0 spiro atoms. The molecular formula is C18H27NO. The van der Waals surface area contributed by atoms with Gasteiger partial charge in [-0.3, -0.25) is 0 Å². The van der Waals surface area contributed by atoms with E-state index in [1.807, 2.05) is 12.1 Å². The van der Waals surface area contributed by atoms with Crippen LogP contribution in [0.1, 0.15) is 70.6 Å². The van der Waals surface area contributed by atoms with Crippen molar-refractivity contribution in [2.75, 3.05) is 0 Å². The average Bonchev–Trinajstić information content (AvgIpc) is 2.75. The van der Waals surface area contributed by atoms with Gasteiger partial charge in [0, 0.05) is 0 Å². The molecule has 20 heavy (non-hydrogen) atoms. The van der Waals surface area contributed by atoms with Crippen LogP contribution >= 0.6 is 0 Å². The largest absolute Gasteiger partial charge is 0.468 e. The normalized spacial score (nSPS) is 47.6. The minimum Gasteiger partial charge on any atom is -0.468 e. The summed E-state index contributed by atoms with van der Waals surface area (Å²) >= 11 is 0. The third-order valence-electron chi connectivity index (χ3n) is 6.30. The van der Waals surface area contributed by atoms with Crippen LogP contribution in [0.3, 0.4) is 0 Å². The fraction of sp³-hybridized carbons (Fsp3) is 0.778. The summed E-state index contributed by atoms with van der Waals surface area (Å²) in [5.41, 5.74) is 8.10. The minimum absolute atomic E-state index is 0.0773. The monoisotopic (exact) mass is 273 g/mol. The lowest BCUT2D eigenvalue weighted by Gasteiger charge is -2.66. The number of furan rings is 1. The predicted molar refractivity (Wildman–Crippen MR) is 80.1 cm³/mol. The van der Waals surface area contributed by atoms with Gasteiger partial charge in [0.25, 0.3) is 0 Å². The average molecular weight is 273 g/mol. The van der Waals surface area contributed by atoms with Crippen LogP contribution in [0.5, 0.6) is 0 Å². The molecule has 5 rings (SSSR count). The quantitative estimate of drug-likeness (QED) is 0.869. The van der Waals surface area contributed by atoms with E-state index in [0.717, 1.165) is 18.1 Å². The summed E-state index contributed by atoms with van der Waals surface area (Å²) in [7, 11) is 0. The van der Waals surface area contributed by atoms with Gasteiger partial charge in [0.15, 0.2) is 0 Å². The van der Waals surface area contributed by atoms with E-state index in [1.165, 1.54) is 38.5 Å². The van der Waals surface area contributed by atoms with Crippen LogP contribution in [-0.4, -0.2) is 0 Å². The molecule has 2 nitrogen and oxygen atoms in total. The van der Waals surface area contributed by atoms with Crippen molar-refractivity contribution in [1.29, 1.82) is 0 Å². The maximum absolute atomic E-state index is 6.45. The summed E-state index contributed by atoms with van der Waals surface area (Å²) in [4.78, 5) is 0. The Morgan fingerprint density at radius 3 is 2.45 bits per heavy atom. The van der Waals surface area contributed by atoms with Crippen LogP contribution in [-0.2, 0) is 0 Å². The van der Waals surface area contributed by atoms with Crippen LogP contribution in [0.2, 0.25) is 0 Å². The molecule has 1 heterocycles. The summed E-state index contributed by atoms with van der Waals surface area (Å²) in [5.74, 6) is 1.92. The van der Waals surface area contributed by atoms with E-state index in [2.05, 4.69) is 13.8 Å². The number of hydrogen-bond donors (Lipinski definition) is 1. The van der Waals surface area contributed by atoms with Gasteiger partial charge in [-0.25, -0.2) is 0 Å². The third-order valence-corrected chi connectivity index (χ3v) is 6.30. The fourth-order valence-corrected chi connectivity index (χ4v) is 6.98. The molecule has 4 aliphatic carbocycles. The Balaban J connectivity index is 1.61. The second-order valence-corrected chi connectivity index (χ2v) is 8.96. The van der Waals surface area contributed by atoms with E-state index < -0.39 is 0 Å². The molecular weight excluding hydrogens is 246 g/mol. The van der Waals surface area contributed by atoms with Crippen molar-refractivity contribution in [3.05, 3.63) is 24.2 Å². The molecule has 0 amide bonds. The Morgan fingerprint density at radius 1 is 1.20 bits per heavy atom. The van der Waals surface area contributed by atoms with E-state index in [4.69, 9.17) is 10.2 Å². The molecule has 2 heteroatoms. The van der Waals surface area contributed by atoms with Gasteiger partial charge in [-0.15, -0.1) is 0 Å². The SMILES string of the molecule is CC12CC3CC(C)(C1)CC(CC(N)c1ccco1)(C3)C2. The molecule has 3 atom stereocenters. The van der Waals surface area contributed by atoms with Gasteiger partial charge in [-0.2, -0.15) is 0 Å². The van der Waals surface area contributed by atoms with E-state index in [-0.39, 0.29) is 6.04 Å². The fourth-order valence-electron chi connectivity index (χ4n) is 6.98. The van der Waals surface area contributed by atoms with Gasteiger partial charge in [-0.1, -0.05) is 13.8 Å². The molecule has 2 N–H and O–H groups in total. The second-order valence-electron chi connectivity index (χ2n) is 8.96. The molecule has 4 bridgehead atoms. The summed E-state index contributed by atoms with van der Waals surface area (Å²) in [6.07, 6.45) is 11.4. The van der Waals surface area contributed by atoms with Crippen molar-refractivity contribution in [2.24, 2.45) is 27.9 Å². The standard InChI is InChI=1S/C18H27NO/c1-16-6-13-7-17(2,10-16)12-18(8-13,11-16)9-14(19)15-4-3-5-20-15/h3-5,13-14H,6-12,19H2,1-2H3. The van der Waals surface area contributed by atoms with Crippen LogP contribution in [0.4, 0.5) is 0 Å². The summed E-state index contributed by atoms with van der Waals surface area (Å²) in [5, 5.41) is 0. The summed E-state index contributed by atoms with van der Waals surface area (Å²) in [6, 6.07) is 4.07. The lowest BCUT2D eigenvalue weighted by molar-refractivity contribution is -0.149. The van der Waals surface area contributed by atoms with E-state index in [0.29, 0.717) is 16.2 Å². The highest BCUT2D eigenvalue weighted by Crippen LogP contribution is 2.70. The highest BCUT2D eigenvalue weighted by molar-refractivity contribution is 5.13. The number of rotatable bonds is 3. The zero-order valence-corrected chi connectivity index (χ0v) is 12.8. The summed E-state index contributed by atoms with van der Waals surface area (Å²) in [6.45, 7) is 5.06. The smallest absolute Gasteiger partial charge is 0.120 e. The Hall–Kier alpha value is -0.760. The molecule has 0 aliphatic heterocycles. The Labute approximate surface area is 122 Å². The van der Waals surface area contributed by atoms with Crippen LogP contribution in [0.25, 0.3) is 0 Å². The maximum Gasteiger partial charge on any atom is 0.120 e. The molecule has 4 fully saturated rings. The first-order chi connectivity index (χ1) is 9.40. The maximum atomic E-state index is 6.45. The first kappa shape index (κ1) is 12.9. The lowest BCUT2D eigenvalue weighted by Crippen LogP contribution is -2.55. The van der Waals surface area contributed by atoms with Crippen LogP contribution < -0.4 is 5.73 Å². The van der Waals surface area contributed by atoms with Gasteiger partial charge < -0.3 is 10.2 Å². The van der Waals surface area contributed by atoms with Gasteiger partial charge in [-0.05, 0) is 79.2 Å². The van der Waals surface area contributed by atoms with Gasteiger partial charge in [0.1, 0.15) is 5.76 Å². The highest BCUT2D eigenvalue weighted by atomic mass is 16.3. The van der Waals surface area contributed by atoms with Gasteiger partial charge >= 0.3 is 0 Å². The molecule has 3 unspecified atom stereocenters. The minimum atomic E-state index is 0.0773. The number of nitrogens with two attached hydrogens (primary N) is 1. The van der Waals surface area contributed by atoms with E-state index in [9.17, 15) is 0 Å². The Morgan fingerprint density at radius 2 is 1.90 bits per heavy atom. The van der Waals surface area contributed by atoms with E-state index >= 15 is 0 Å². The molecule has 0 saturated heterocycles. The van der Waals surface area contributed by atoms with Crippen molar-refractivity contribution < 1.29 is 4.42 Å². The zero-order valence-electron chi connectivity index (χ0n) is 12.8. The van der Waals surface area contributed by atoms with Crippen molar-refractivity contribution in [3.8, 4) is 0 Å². The van der Waals surface area contributed by atoms with Crippen molar-refractivity contribution >= 4 is 0 Å². The second kappa shape index (κ2) is 3.91. The van der Waals surface area contributed by atoms with E-state index in [1.54, 1.807) is 6.26 Å².